The molecule has 0 saturated heterocycles. The number of phenols is 1. The molecule has 0 spiro atoms. The van der Waals surface area contributed by atoms with Crippen LogP contribution >= 0.6 is 11.6 Å². The van der Waals surface area contributed by atoms with E-state index >= 15 is 0 Å². The molecule has 2 aromatic carbocycles. The first-order valence-corrected chi connectivity index (χ1v) is 10.3. The SMILES string of the molecule is CC(C)(C)OC(=O)N(CCc1ccc(O)c2[nH]c(=O)ccc12)Cc1ccc(N)c(Cl)c1. The average Bonchev–Trinajstić information content (AvgIpc) is 2.68. The maximum absolute atomic E-state index is 12.9. The van der Waals surface area contributed by atoms with Gasteiger partial charge in [-0.1, -0.05) is 23.7 Å². The van der Waals surface area contributed by atoms with Crippen molar-refractivity contribution >= 4 is 34.3 Å². The molecule has 31 heavy (non-hydrogen) atoms. The maximum Gasteiger partial charge on any atom is 0.410 e. The molecule has 0 aliphatic carbocycles. The molecule has 0 aliphatic rings. The Kier molecular flexibility index (Phi) is 6.45. The van der Waals surface area contributed by atoms with Crippen LogP contribution in [0.1, 0.15) is 31.9 Å². The largest absolute Gasteiger partial charge is 0.506 e. The number of aromatic hydroxyl groups is 1. The second kappa shape index (κ2) is 8.89. The van der Waals surface area contributed by atoms with Crippen molar-refractivity contribution in [2.75, 3.05) is 12.3 Å². The Bertz CT molecular complexity index is 1170. The molecule has 0 atom stereocenters. The van der Waals surface area contributed by atoms with Crippen molar-refractivity contribution in [2.24, 2.45) is 0 Å². The summed E-state index contributed by atoms with van der Waals surface area (Å²) in [7, 11) is 0. The van der Waals surface area contributed by atoms with Crippen LogP contribution in [0.4, 0.5) is 10.5 Å². The van der Waals surface area contributed by atoms with Gasteiger partial charge in [-0.3, -0.25) is 4.79 Å². The summed E-state index contributed by atoms with van der Waals surface area (Å²) in [5, 5.41) is 11.2. The zero-order chi connectivity index (χ0) is 22.8. The maximum atomic E-state index is 12.9. The molecule has 164 valence electrons. The highest BCUT2D eigenvalue weighted by Gasteiger charge is 2.23. The van der Waals surface area contributed by atoms with Gasteiger partial charge in [0.05, 0.1) is 16.2 Å². The van der Waals surface area contributed by atoms with Crippen LogP contribution in [-0.2, 0) is 17.7 Å². The third-order valence-electron chi connectivity index (χ3n) is 4.70. The molecule has 7 nitrogen and oxygen atoms in total. The summed E-state index contributed by atoms with van der Waals surface area (Å²) in [6.07, 6.45) is 0.0436. The van der Waals surface area contributed by atoms with E-state index in [1.807, 2.05) is 26.8 Å². The fraction of sp³-hybridized carbons (Fsp3) is 0.304. The number of ether oxygens (including phenoxy) is 1. The number of aromatic nitrogens is 1. The molecule has 0 bridgehead atoms. The quantitative estimate of drug-likeness (QED) is 0.505. The van der Waals surface area contributed by atoms with Crippen LogP contribution < -0.4 is 11.3 Å². The fourth-order valence-corrected chi connectivity index (χ4v) is 3.42. The van der Waals surface area contributed by atoms with Crippen molar-refractivity contribution in [1.29, 1.82) is 0 Å². The minimum atomic E-state index is -0.640. The standard InChI is InChI=1S/C23H26ClN3O4/c1-23(2,3)31-22(30)27(13-14-4-7-18(25)17(24)12-14)11-10-15-5-8-19(28)21-16(15)6-9-20(29)26-21/h4-9,12,28H,10-11,13,25H2,1-3H3,(H,26,29). The number of phenolic OH excluding ortho intramolecular Hbond substituents is 1. The lowest BCUT2D eigenvalue weighted by Crippen LogP contribution is -2.37. The third-order valence-corrected chi connectivity index (χ3v) is 5.03. The summed E-state index contributed by atoms with van der Waals surface area (Å²) in [5.41, 5.74) is 7.41. The van der Waals surface area contributed by atoms with Crippen molar-refractivity contribution in [3.8, 4) is 5.75 Å². The van der Waals surface area contributed by atoms with Crippen molar-refractivity contribution < 1.29 is 14.6 Å². The van der Waals surface area contributed by atoms with Gasteiger partial charge in [-0.25, -0.2) is 4.79 Å². The van der Waals surface area contributed by atoms with E-state index in [1.165, 1.54) is 12.1 Å². The van der Waals surface area contributed by atoms with Crippen LogP contribution in [0, 0.1) is 0 Å². The molecule has 8 heteroatoms. The van der Waals surface area contributed by atoms with Gasteiger partial charge in [-0.2, -0.15) is 0 Å². The van der Waals surface area contributed by atoms with Gasteiger partial charge in [0.25, 0.3) is 0 Å². The van der Waals surface area contributed by atoms with Crippen LogP contribution in [-0.4, -0.2) is 33.2 Å². The number of H-pyrrole nitrogens is 1. The number of aromatic amines is 1. The molecule has 1 aromatic heterocycles. The van der Waals surface area contributed by atoms with Crippen molar-refractivity contribution in [2.45, 2.75) is 39.3 Å². The number of nitrogens with one attached hydrogen (secondary N) is 1. The van der Waals surface area contributed by atoms with Crippen LogP contribution in [0.5, 0.6) is 5.75 Å². The monoisotopic (exact) mass is 443 g/mol. The minimum absolute atomic E-state index is 0.00281. The molecule has 3 aromatic rings. The zero-order valence-corrected chi connectivity index (χ0v) is 18.5. The first-order chi connectivity index (χ1) is 14.5. The summed E-state index contributed by atoms with van der Waals surface area (Å²) < 4.78 is 5.58. The van der Waals surface area contributed by atoms with E-state index in [0.717, 1.165) is 16.5 Å². The van der Waals surface area contributed by atoms with Crippen LogP contribution in [0.2, 0.25) is 5.02 Å². The molecule has 3 rings (SSSR count). The Morgan fingerprint density at radius 1 is 1.19 bits per heavy atom. The van der Waals surface area contributed by atoms with E-state index in [9.17, 15) is 14.7 Å². The van der Waals surface area contributed by atoms with E-state index < -0.39 is 11.7 Å². The Hall–Kier alpha value is -3.19. The Labute approximate surface area is 185 Å². The number of hydrogen-bond acceptors (Lipinski definition) is 5. The minimum Gasteiger partial charge on any atom is -0.506 e. The summed E-state index contributed by atoms with van der Waals surface area (Å²) in [5.74, 6) is -0.00281. The highest BCUT2D eigenvalue weighted by molar-refractivity contribution is 6.33. The summed E-state index contributed by atoms with van der Waals surface area (Å²) in [6.45, 7) is 6.09. The second-order valence-electron chi connectivity index (χ2n) is 8.36. The lowest BCUT2D eigenvalue weighted by Gasteiger charge is -2.28. The molecule has 1 heterocycles. The number of nitrogens with zero attached hydrogens (tertiary/aromatic N) is 1. The second-order valence-corrected chi connectivity index (χ2v) is 8.77. The molecule has 0 unspecified atom stereocenters. The van der Waals surface area contributed by atoms with E-state index in [1.54, 1.807) is 29.2 Å². The number of benzene rings is 2. The molecule has 0 aliphatic heterocycles. The van der Waals surface area contributed by atoms with Crippen LogP contribution in [0.15, 0.2) is 47.3 Å². The van der Waals surface area contributed by atoms with E-state index in [-0.39, 0.29) is 11.3 Å². The average molecular weight is 444 g/mol. The van der Waals surface area contributed by atoms with Gasteiger partial charge in [-0.05, 0) is 62.6 Å². The number of nitrogen functional groups attached to an aromatic ring is 1. The Balaban J connectivity index is 1.87. The molecular formula is C23H26ClN3O4. The number of carbonyl (C=O) groups excluding carboxylic acids is 1. The van der Waals surface area contributed by atoms with Crippen molar-refractivity contribution in [3.63, 3.8) is 0 Å². The Morgan fingerprint density at radius 2 is 1.94 bits per heavy atom. The molecule has 0 fully saturated rings. The topological polar surface area (TPSA) is 109 Å². The highest BCUT2D eigenvalue weighted by Crippen LogP contribution is 2.26. The fourth-order valence-electron chi connectivity index (χ4n) is 3.22. The highest BCUT2D eigenvalue weighted by atomic mass is 35.5. The predicted molar refractivity (Wildman–Crippen MR) is 122 cm³/mol. The number of halogens is 1. The number of fused-ring (bicyclic) bond motifs is 1. The number of hydrogen-bond donors (Lipinski definition) is 3. The summed E-state index contributed by atoms with van der Waals surface area (Å²) in [6, 6.07) is 11.6. The molecular weight excluding hydrogens is 418 g/mol. The van der Waals surface area contributed by atoms with Gasteiger partial charge in [0, 0.05) is 24.5 Å². The van der Waals surface area contributed by atoms with E-state index in [0.29, 0.717) is 35.7 Å². The molecule has 4 N–H and O–H groups in total. The predicted octanol–water partition coefficient (Wildman–Crippen LogP) is 4.45. The number of anilines is 1. The summed E-state index contributed by atoms with van der Waals surface area (Å²) >= 11 is 6.14. The van der Waals surface area contributed by atoms with Crippen LogP contribution in [0.25, 0.3) is 10.9 Å². The van der Waals surface area contributed by atoms with Gasteiger partial charge in [0.2, 0.25) is 5.56 Å². The lowest BCUT2D eigenvalue weighted by molar-refractivity contribution is 0.0236. The van der Waals surface area contributed by atoms with E-state index in [4.69, 9.17) is 22.1 Å². The number of amides is 1. The van der Waals surface area contributed by atoms with Gasteiger partial charge < -0.3 is 25.5 Å². The Morgan fingerprint density at radius 3 is 2.61 bits per heavy atom. The first-order valence-electron chi connectivity index (χ1n) is 9.89. The van der Waals surface area contributed by atoms with Crippen molar-refractivity contribution in [1.82, 2.24) is 9.88 Å². The number of rotatable bonds is 5. The van der Waals surface area contributed by atoms with Gasteiger partial charge in [0.15, 0.2) is 0 Å². The van der Waals surface area contributed by atoms with Crippen molar-refractivity contribution in [3.05, 3.63) is 69.0 Å². The van der Waals surface area contributed by atoms with Gasteiger partial charge in [-0.15, -0.1) is 0 Å². The smallest absolute Gasteiger partial charge is 0.410 e. The normalized spacial score (nSPS) is 11.5. The number of nitrogens with two attached hydrogens (primary N) is 1. The van der Waals surface area contributed by atoms with Crippen LogP contribution in [0.3, 0.4) is 0 Å². The number of pyridine rings is 1. The lowest BCUT2D eigenvalue weighted by atomic mass is 10.0. The number of carbonyl (C=O) groups is 1. The van der Waals surface area contributed by atoms with Gasteiger partial charge in [0.1, 0.15) is 11.4 Å². The van der Waals surface area contributed by atoms with Gasteiger partial charge >= 0.3 is 6.09 Å². The zero-order valence-electron chi connectivity index (χ0n) is 17.7. The summed E-state index contributed by atoms with van der Waals surface area (Å²) in [4.78, 5) is 28.7. The van der Waals surface area contributed by atoms with E-state index in [2.05, 4.69) is 4.98 Å². The molecule has 0 saturated carbocycles. The third kappa shape index (κ3) is 5.70. The molecule has 0 radical (unpaired) electrons. The first kappa shape index (κ1) is 22.5. The molecule has 1 amide bonds.